The molecule has 0 saturated carbocycles. The van der Waals surface area contributed by atoms with Gasteiger partial charge in [0.1, 0.15) is 24.3 Å². The highest BCUT2D eigenvalue weighted by Crippen LogP contribution is 2.33. The minimum Gasteiger partial charge on any atom is -0.462 e. The highest BCUT2D eigenvalue weighted by Gasteiger charge is 2.25. The fourth-order valence-electron chi connectivity index (χ4n) is 5.63. The molecule has 2 N–H and O–H groups in total. The molecule has 2 aliphatic heterocycles. The number of halogens is 1. The lowest BCUT2D eigenvalue weighted by molar-refractivity contribution is -0.127. The summed E-state index contributed by atoms with van der Waals surface area (Å²) in [6, 6.07) is 11.7. The van der Waals surface area contributed by atoms with E-state index >= 15 is 0 Å². The van der Waals surface area contributed by atoms with Crippen molar-refractivity contribution in [2.45, 2.75) is 51.7 Å². The Morgan fingerprint density at radius 2 is 2.02 bits per heavy atom. The molecule has 2 aliphatic rings. The molecule has 11 heteroatoms. The highest BCUT2D eigenvalue weighted by atomic mass is 32.1. The van der Waals surface area contributed by atoms with Crippen molar-refractivity contribution >= 4 is 41.7 Å². The number of nitrogens with zero attached hydrogens (tertiary/aromatic N) is 6. The molecule has 1 fully saturated rings. The number of aromatic nitrogens is 2. The summed E-state index contributed by atoms with van der Waals surface area (Å²) in [5, 5.41) is 1.54. The minimum atomic E-state index is -0.203. The third-order valence-corrected chi connectivity index (χ3v) is 8.03. The van der Waals surface area contributed by atoms with Gasteiger partial charge in [0, 0.05) is 41.2 Å². The van der Waals surface area contributed by atoms with Gasteiger partial charge >= 0.3 is 6.01 Å². The molecule has 0 bridgehead atoms. The van der Waals surface area contributed by atoms with E-state index in [0.717, 1.165) is 48.3 Å². The fraction of sp³-hybridized carbons (Fsp3) is 0.438. The summed E-state index contributed by atoms with van der Waals surface area (Å²) in [5.74, 6) is 0.193. The van der Waals surface area contributed by atoms with Crippen LogP contribution in [0.4, 0.5) is 15.9 Å². The zero-order chi connectivity index (χ0) is 30.2. The van der Waals surface area contributed by atoms with Crippen molar-refractivity contribution in [2.75, 3.05) is 50.5 Å². The lowest BCUT2D eigenvalue weighted by atomic mass is 10.0. The highest BCUT2D eigenvalue weighted by molar-refractivity contribution is 7.59. The Bertz CT molecular complexity index is 1460. The molecule has 1 amide bonds. The number of nitrogen functional groups attached to an aromatic ring is 1. The van der Waals surface area contributed by atoms with E-state index in [1.165, 1.54) is 18.6 Å². The SMILES string of the molecule is CN1CCC[C@H]1COc1nc(N)c2c(n1)CN(c1cccc3c(F)cccc13)CC2.S.[C-]#[N+]CC(C)N(CC)C(=O)C=C. The first-order chi connectivity index (χ1) is 20.3. The summed E-state index contributed by atoms with van der Waals surface area (Å²) in [5.41, 5.74) is 9.12. The summed E-state index contributed by atoms with van der Waals surface area (Å²) in [4.78, 5) is 29.6. The molecule has 3 heterocycles. The van der Waals surface area contributed by atoms with Gasteiger partial charge < -0.3 is 30.0 Å². The van der Waals surface area contributed by atoms with Crippen LogP contribution in [0.15, 0.2) is 49.1 Å². The van der Waals surface area contributed by atoms with Crippen molar-refractivity contribution in [1.82, 2.24) is 19.8 Å². The van der Waals surface area contributed by atoms with Crippen LogP contribution in [0.25, 0.3) is 15.6 Å². The summed E-state index contributed by atoms with van der Waals surface area (Å²) < 4.78 is 20.2. The molecule has 43 heavy (non-hydrogen) atoms. The number of carbonyl (C=O) groups is 1. The molecule has 0 radical (unpaired) electrons. The number of amides is 1. The number of ether oxygens (including phenoxy) is 1. The van der Waals surface area contributed by atoms with E-state index in [4.69, 9.17) is 17.0 Å². The third kappa shape index (κ3) is 7.94. The van der Waals surface area contributed by atoms with Crippen LogP contribution in [0.1, 0.15) is 37.9 Å². The van der Waals surface area contributed by atoms with Crippen LogP contribution in [0, 0.1) is 12.4 Å². The topological polar surface area (TPSA) is 92.2 Å². The van der Waals surface area contributed by atoms with Gasteiger partial charge in [0.05, 0.1) is 12.2 Å². The lowest BCUT2D eigenvalue weighted by Crippen LogP contribution is -2.38. The zero-order valence-electron chi connectivity index (χ0n) is 25.2. The van der Waals surface area contributed by atoms with Crippen molar-refractivity contribution in [3.63, 3.8) is 0 Å². The Balaban J connectivity index is 0.000000334. The largest absolute Gasteiger partial charge is 0.462 e. The molecule has 0 aliphatic carbocycles. The van der Waals surface area contributed by atoms with E-state index in [9.17, 15) is 9.18 Å². The lowest BCUT2D eigenvalue weighted by Gasteiger charge is -2.31. The first-order valence-corrected chi connectivity index (χ1v) is 14.4. The summed E-state index contributed by atoms with van der Waals surface area (Å²) in [7, 11) is 2.12. The molecule has 1 saturated heterocycles. The molecule has 0 spiro atoms. The second kappa shape index (κ2) is 15.5. The number of rotatable bonds is 8. The molecular weight excluding hydrogens is 565 g/mol. The minimum absolute atomic E-state index is 0. The Morgan fingerprint density at radius 3 is 2.70 bits per heavy atom. The summed E-state index contributed by atoms with van der Waals surface area (Å²) >= 11 is 0. The van der Waals surface area contributed by atoms with Crippen LogP contribution < -0.4 is 15.4 Å². The van der Waals surface area contributed by atoms with E-state index in [2.05, 4.69) is 38.2 Å². The van der Waals surface area contributed by atoms with Crippen molar-refractivity contribution in [3.8, 4) is 6.01 Å². The van der Waals surface area contributed by atoms with Gasteiger partial charge in [-0.05, 0) is 64.9 Å². The first kappa shape index (κ1) is 33.6. The number of likely N-dealkylation sites (N-methyl/N-ethyl adjacent to an activating group) is 2. The van der Waals surface area contributed by atoms with E-state index < -0.39 is 0 Å². The third-order valence-electron chi connectivity index (χ3n) is 8.03. The van der Waals surface area contributed by atoms with E-state index in [1.807, 2.05) is 38.1 Å². The molecule has 2 aromatic carbocycles. The van der Waals surface area contributed by atoms with Gasteiger partial charge in [-0.2, -0.15) is 23.5 Å². The number of nitrogens with two attached hydrogens (primary N) is 1. The predicted octanol–water partition coefficient (Wildman–Crippen LogP) is 4.83. The molecule has 230 valence electrons. The quantitative estimate of drug-likeness (QED) is 0.290. The maximum absolute atomic E-state index is 14.2. The smallest absolute Gasteiger partial charge is 0.318 e. The predicted molar refractivity (Wildman–Crippen MR) is 175 cm³/mol. The molecule has 1 unspecified atom stereocenters. The number of fused-ring (bicyclic) bond motifs is 2. The fourth-order valence-corrected chi connectivity index (χ4v) is 5.63. The van der Waals surface area contributed by atoms with Crippen LogP contribution in [-0.4, -0.2) is 77.6 Å². The first-order valence-electron chi connectivity index (χ1n) is 14.4. The van der Waals surface area contributed by atoms with Gasteiger partial charge in [-0.25, -0.2) is 11.0 Å². The molecule has 5 rings (SSSR count). The Morgan fingerprint density at radius 1 is 1.28 bits per heavy atom. The second-order valence-corrected chi connectivity index (χ2v) is 10.7. The van der Waals surface area contributed by atoms with Crippen molar-refractivity contribution in [1.29, 1.82) is 0 Å². The maximum atomic E-state index is 14.2. The normalized spacial score (nSPS) is 16.6. The number of likely N-dealkylation sites (tertiary alicyclic amines) is 1. The standard InChI is InChI=1S/C23H26FN5O.C9H14N2O.H2S/c1-28-11-4-5-15(28)14-30-23-26-20-13-29(12-10-18(20)22(25)27-23)21-9-3-6-16-17(21)7-2-8-19(16)24;1-5-9(12)11(6-2)8(3)7-10-4;/h2-3,6-9,15H,4-5,10-14H2,1H3,(H2,25,26,27);5,8H,1,6-7H2,2-3H3;1H2/t15-;;/m0../s1. The Hall–Kier alpha value is -3.88. The van der Waals surface area contributed by atoms with Crippen molar-refractivity contribution in [2.24, 2.45) is 0 Å². The van der Waals surface area contributed by atoms with Crippen molar-refractivity contribution in [3.05, 3.63) is 77.5 Å². The van der Waals surface area contributed by atoms with Crippen LogP contribution in [-0.2, 0) is 17.8 Å². The number of hydrogen-bond donors (Lipinski definition) is 1. The number of benzene rings is 2. The maximum Gasteiger partial charge on any atom is 0.318 e. The van der Waals surface area contributed by atoms with Crippen LogP contribution in [0.5, 0.6) is 6.01 Å². The second-order valence-electron chi connectivity index (χ2n) is 10.7. The summed E-state index contributed by atoms with van der Waals surface area (Å²) in [6.45, 7) is 17.8. The van der Waals surface area contributed by atoms with Gasteiger partial charge in [0.2, 0.25) is 12.5 Å². The average molecular weight is 608 g/mol. The van der Waals surface area contributed by atoms with E-state index in [0.29, 0.717) is 49.5 Å². The van der Waals surface area contributed by atoms with Crippen LogP contribution >= 0.6 is 13.5 Å². The summed E-state index contributed by atoms with van der Waals surface area (Å²) in [6.07, 6.45) is 4.35. The Kier molecular flexibility index (Phi) is 12.2. The Labute approximate surface area is 260 Å². The van der Waals surface area contributed by atoms with E-state index in [-0.39, 0.29) is 31.3 Å². The van der Waals surface area contributed by atoms with E-state index in [1.54, 1.807) is 11.0 Å². The number of hydrogen-bond acceptors (Lipinski definition) is 7. The molecule has 1 aromatic heterocycles. The molecular formula is C32H42FN7O2S. The van der Waals surface area contributed by atoms with Gasteiger partial charge in [-0.15, -0.1) is 0 Å². The zero-order valence-corrected chi connectivity index (χ0v) is 26.2. The van der Waals surface area contributed by atoms with Gasteiger partial charge in [0.15, 0.2) is 0 Å². The van der Waals surface area contributed by atoms with Crippen LogP contribution in [0.3, 0.4) is 0 Å². The molecule has 9 nitrogen and oxygen atoms in total. The monoisotopic (exact) mass is 607 g/mol. The molecule has 2 atom stereocenters. The number of carbonyl (C=O) groups excluding carboxylic acids is 1. The number of anilines is 2. The van der Waals surface area contributed by atoms with Gasteiger partial charge in [0.25, 0.3) is 0 Å². The van der Waals surface area contributed by atoms with Crippen LogP contribution in [0.2, 0.25) is 0 Å². The average Bonchev–Trinajstić information content (AvgIpc) is 3.41. The molecule has 3 aromatic rings. The van der Waals surface area contributed by atoms with Gasteiger partial charge in [-0.1, -0.05) is 30.8 Å². The van der Waals surface area contributed by atoms with Crippen molar-refractivity contribution < 1.29 is 13.9 Å². The van der Waals surface area contributed by atoms with Gasteiger partial charge in [-0.3, -0.25) is 4.79 Å².